The van der Waals surface area contributed by atoms with E-state index in [1.54, 1.807) is 6.07 Å². The number of aromatic carboxylic acids is 2. The first-order chi connectivity index (χ1) is 19.1. The normalized spacial score (nSPS) is 13.9. The SMILES string of the molecule is CCN(CC)CCCC(C)c1cc2c(c(C(C)CCCN(CC)CC)c1C(=O)O)C(=O)c1cc(C(=O)O)ccc1-2. The molecule has 218 valence electrons. The predicted molar refractivity (Wildman–Crippen MR) is 160 cm³/mol. The number of carbonyl (C=O) groups is 3. The molecule has 0 spiro atoms. The van der Waals surface area contributed by atoms with Crippen LogP contribution in [-0.2, 0) is 0 Å². The lowest BCUT2D eigenvalue weighted by molar-refractivity contribution is 0.0684. The lowest BCUT2D eigenvalue weighted by atomic mass is 9.79. The summed E-state index contributed by atoms with van der Waals surface area (Å²) in [5.41, 5.74) is 3.88. The van der Waals surface area contributed by atoms with Crippen LogP contribution in [0.15, 0.2) is 24.3 Å². The van der Waals surface area contributed by atoms with Crippen LogP contribution in [0.5, 0.6) is 0 Å². The molecule has 0 aromatic heterocycles. The van der Waals surface area contributed by atoms with Gasteiger partial charge < -0.3 is 20.0 Å². The van der Waals surface area contributed by atoms with E-state index in [1.165, 1.54) is 12.1 Å². The summed E-state index contributed by atoms with van der Waals surface area (Å²) in [6.07, 6.45) is 3.44. The third-order valence-electron chi connectivity index (χ3n) is 8.67. The molecule has 0 saturated carbocycles. The molecule has 40 heavy (non-hydrogen) atoms. The van der Waals surface area contributed by atoms with Gasteiger partial charge in [0.15, 0.2) is 5.78 Å². The summed E-state index contributed by atoms with van der Waals surface area (Å²) in [7, 11) is 0. The number of nitrogens with zero attached hydrogens (tertiary/aromatic N) is 2. The van der Waals surface area contributed by atoms with E-state index in [2.05, 4.69) is 44.4 Å². The Labute approximate surface area is 239 Å². The molecule has 2 unspecified atom stereocenters. The minimum atomic E-state index is -1.09. The van der Waals surface area contributed by atoms with Crippen LogP contribution in [0.2, 0.25) is 0 Å². The van der Waals surface area contributed by atoms with Gasteiger partial charge in [0, 0.05) is 11.1 Å². The molecule has 7 heteroatoms. The molecular weight excluding hydrogens is 504 g/mol. The molecule has 0 radical (unpaired) electrons. The maximum Gasteiger partial charge on any atom is 0.336 e. The van der Waals surface area contributed by atoms with Gasteiger partial charge in [0.1, 0.15) is 0 Å². The minimum Gasteiger partial charge on any atom is -0.478 e. The second kappa shape index (κ2) is 14.0. The van der Waals surface area contributed by atoms with Crippen LogP contribution in [0, 0.1) is 0 Å². The lowest BCUT2D eigenvalue weighted by Gasteiger charge is -2.25. The number of rotatable bonds is 16. The van der Waals surface area contributed by atoms with Crippen LogP contribution >= 0.6 is 0 Å². The highest BCUT2D eigenvalue weighted by Crippen LogP contribution is 2.46. The number of hydrogen-bond acceptors (Lipinski definition) is 5. The molecule has 1 aliphatic carbocycles. The van der Waals surface area contributed by atoms with E-state index in [4.69, 9.17) is 0 Å². The maximum absolute atomic E-state index is 13.8. The van der Waals surface area contributed by atoms with E-state index in [1.807, 2.05) is 13.0 Å². The summed E-state index contributed by atoms with van der Waals surface area (Å²) in [5, 5.41) is 20.1. The fourth-order valence-electron chi connectivity index (χ4n) is 6.16. The van der Waals surface area contributed by atoms with E-state index in [0.29, 0.717) is 22.3 Å². The van der Waals surface area contributed by atoms with Crippen LogP contribution < -0.4 is 0 Å². The van der Waals surface area contributed by atoms with Gasteiger partial charge in [-0.15, -0.1) is 0 Å². The first kappa shape index (κ1) is 31.5. The van der Waals surface area contributed by atoms with Crippen LogP contribution in [0.4, 0.5) is 0 Å². The van der Waals surface area contributed by atoms with Crippen LogP contribution in [0.25, 0.3) is 11.1 Å². The molecule has 0 saturated heterocycles. The molecule has 2 N–H and O–H groups in total. The van der Waals surface area contributed by atoms with Gasteiger partial charge in [-0.05, 0) is 117 Å². The Morgan fingerprint density at radius 3 is 1.80 bits per heavy atom. The molecule has 0 fully saturated rings. The van der Waals surface area contributed by atoms with Crippen LogP contribution in [-0.4, -0.2) is 77.0 Å². The third kappa shape index (κ3) is 6.64. The Kier molecular flexibility index (Phi) is 11.1. The van der Waals surface area contributed by atoms with E-state index < -0.39 is 11.9 Å². The number of carboxylic acids is 2. The predicted octanol–water partition coefficient (Wildman–Crippen LogP) is 6.75. The van der Waals surface area contributed by atoms with Crippen LogP contribution in [0.1, 0.15) is 127 Å². The summed E-state index contributed by atoms with van der Waals surface area (Å²) >= 11 is 0. The second-order valence-electron chi connectivity index (χ2n) is 11.0. The number of benzene rings is 2. The van der Waals surface area contributed by atoms with Crippen molar-refractivity contribution in [1.29, 1.82) is 0 Å². The average Bonchev–Trinajstić information content (AvgIpc) is 3.22. The van der Waals surface area contributed by atoms with Crippen molar-refractivity contribution >= 4 is 17.7 Å². The number of hydrogen-bond donors (Lipinski definition) is 2. The first-order valence-corrected chi connectivity index (χ1v) is 14.9. The monoisotopic (exact) mass is 550 g/mol. The van der Waals surface area contributed by atoms with Gasteiger partial charge in [0.2, 0.25) is 0 Å². The molecule has 0 heterocycles. The topological polar surface area (TPSA) is 98.2 Å². The summed E-state index contributed by atoms with van der Waals surface area (Å²) in [4.78, 5) is 43.1. The van der Waals surface area contributed by atoms with Crippen molar-refractivity contribution < 1.29 is 24.6 Å². The molecule has 0 aliphatic heterocycles. The molecule has 0 amide bonds. The van der Waals surface area contributed by atoms with E-state index in [9.17, 15) is 24.6 Å². The molecule has 7 nitrogen and oxygen atoms in total. The van der Waals surface area contributed by atoms with E-state index >= 15 is 0 Å². The van der Waals surface area contributed by atoms with Crippen molar-refractivity contribution in [3.8, 4) is 11.1 Å². The average molecular weight is 551 g/mol. The van der Waals surface area contributed by atoms with Crippen molar-refractivity contribution in [3.63, 3.8) is 0 Å². The van der Waals surface area contributed by atoms with Crippen molar-refractivity contribution in [2.75, 3.05) is 39.3 Å². The Hall–Kier alpha value is -3.03. The first-order valence-electron chi connectivity index (χ1n) is 14.9. The summed E-state index contributed by atoms with van der Waals surface area (Å²) in [5.74, 6) is -2.53. The molecule has 2 atom stereocenters. The Bertz CT molecular complexity index is 1230. The second-order valence-corrected chi connectivity index (χ2v) is 11.0. The standard InChI is InChI=1S/C33H46N2O5/c1-7-34(8-2)17-11-13-21(5)25-20-26-24-16-15-23(32(37)38)19-27(24)31(36)29(26)28(30(25)33(39)40)22(6)14-12-18-35(9-3)10-4/h15-16,19-22H,7-14,17-18H2,1-6H3,(H,37,38)(H,39,40). The summed E-state index contributed by atoms with van der Waals surface area (Å²) in [6.45, 7) is 18.4. The van der Waals surface area contributed by atoms with Gasteiger partial charge in [-0.2, -0.15) is 0 Å². The highest BCUT2D eigenvalue weighted by molar-refractivity contribution is 6.24. The number of carboxylic acid groups (broad SMARTS) is 2. The van der Waals surface area contributed by atoms with Crippen molar-refractivity contribution in [3.05, 3.63) is 57.6 Å². The molecule has 2 aromatic carbocycles. The minimum absolute atomic E-state index is 0.00830. The van der Waals surface area contributed by atoms with Gasteiger partial charge >= 0.3 is 11.9 Å². The zero-order valence-electron chi connectivity index (χ0n) is 25.0. The van der Waals surface area contributed by atoms with Crippen LogP contribution in [0.3, 0.4) is 0 Å². The Morgan fingerprint density at radius 2 is 1.30 bits per heavy atom. The van der Waals surface area contributed by atoms with Gasteiger partial charge in [0.05, 0.1) is 11.1 Å². The maximum atomic E-state index is 13.8. The van der Waals surface area contributed by atoms with E-state index in [-0.39, 0.29) is 28.7 Å². The third-order valence-corrected chi connectivity index (χ3v) is 8.67. The number of carbonyl (C=O) groups excluding carboxylic acids is 1. The molecule has 2 aromatic rings. The van der Waals surface area contributed by atoms with Gasteiger partial charge in [-0.25, -0.2) is 9.59 Å². The molecule has 3 rings (SSSR count). The fraction of sp³-hybridized carbons (Fsp3) is 0.545. The van der Waals surface area contributed by atoms with E-state index in [0.717, 1.165) is 76.1 Å². The van der Waals surface area contributed by atoms with Crippen molar-refractivity contribution in [2.45, 2.75) is 79.1 Å². The van der Waals surface area contributed by atoms with Crippen molar-refractivity contribution in [1.82, 2.24) is 9.80 Å². The smallest absolute Gasteiger partial charge is 0.336 e. The van der Waals surface area contributed by atoms with Crippen molar-refractivity contribution in [2.24, 2.45) is 0 Å². The summed E-state index contributed by atoms with van der Waals surface area (Å²) < 4.78 is 0. The largest absolute Gasteiger partial charge is 0.478 e. The highest BCUT2D eigenvalue weighted by Gasteiger charge is 2.36. The Balaban J connectivity index is 2.12. The zero-order chi connectivity index (χ0) is 29.6. The van der Waals surface area contributed by atoms with Gasteiger partial charge in [-0.1, -0.05) is 47.6 Å². The molecule has 1 aliphatic rings. The molecular formula is C33H46N2O5. The number of ketones is 1. The number of fused-ring (bicyclic) bond motifs is 3. The fourth-order valence-corrected chi connectivity index (χ4v) is 6.16. The highest BCUT2D eigenvalue weighted by atomic mass is 16.4. The Morgan fingerprint density at radius 1 is 0.750 bits per heavy atom. The lowest BCUT2D eigenvalue weighted by Crippen LogP contribution is -2.24. The molecule has 0 bridgehead atoms. The van der Waals surface area contributed by atoms with Gasteiger partial charge in [-0.3, -0.25) is 4.79 Å². The summed E-state index contributed by atoms with van der Waals surface area (Å²) in [6, 6.07) is 6.56. The zero-order valence-corrected chi connectivity index (χ0v) is 25.0. The quantitative estimate of drug-likeness (QED) is 0.204. The van der Waals surface area contributed by atoms with Gasteiger partial charge in [0.25, 0.3) is 0 Å².